The molecular weight excluding hydrogens is 455 g/mol. The first-order chi connectivity index (χ1) is 12.7. The summed E-state index contributed by atoms with van der Waals surface area (Å²) < 4.78 is 5.43. The lowest BCUT2D eigenvalue weighted by Crippen LogP contribution is -2.40. The van der Waals surface area contributed by atoms with Crippen molar-refractivity contribution in [3.05, 3.63) is 0 Å². The molecule has 27 heavy (non-hydrogen) atoms. The van der Waals surface area contributed by atoms with Gasteiger partial charge in [0.05, 0.1) is 6.54 Å². The van der Waals surface area contributed by atoms with E-state index in [9.17, 15) is 4.79 Å². The fourth-order valence-corrected chi connectivity index (χ4v) is 3.80. The molecule has 0 aromatic carbocycles. The van der Waals surface area contributed by atoms with Gasteiger partial charge >= 0.3 is 0 Å². The molecular formula is C20H39IN4O2. The van der Waals surface area contributed by atoms with Crippen molar-refractivity contribution < 1.29 is 9.53 Å². The molecule has 7 heteroatoms. The number of ether oxygens (including phenoxy) is 1. The maximum Gasteiger partial charge on any atom is 0.222 e. The van der Waals surface area contributed by atoms with Crippen molar-refractivity contribution in [1.82, 2.24) is 15.5 Å². The largest absolute Gasteiger partial charge is 0.381 e. The molecule has 1 aliphatic carbocycles. The van der Waals surface area contributed by atoms with Gasteiger partial charge < -0.3 is 20.3 Å². The van der Waals surface area contributed by atoms with Gasteiger partial charge in [-0.2, -0.15) is 0 Å². The van der Waals surface area contributed by atoms with Gasteiger partial charge in [-0.05, 0) is 44.9 Å². The molecule has 2 rings (SSSR count). The summed E-state index contributed by atoms with van der Waals surface area (Å²) in [5, 5.41) is 6.51. The number of carbonyl (C=O) groups excluding carboxylic acids is 1. The fourth-order valence-electron chi connectivity index (χ4n) is 3.80. The van der Waals surface area contributed by atoms with Crippen molar-refractivity contribution in [2.24, 2.45) is 10.9 Å². The molecule has 2 aliphatic rings. The Labute approximate surface area is 182 Å². The lowest BCUT2D eigenvalue weighted by Gasteiger charge is -2.27. The highest BCUT2D eigenvalue weighted by Gasteiger charge is 2.17. The molecule has 0 unspecified atom stereocenters. The number of hydrogen-bond acceptors (Lipinski definition) is 3. The zero-order valence-electron chi connectivity index (χ0n) is 17.2. The van der Waals surface area contributed by atoms with Gasteiger partial charge in [0.25, 0.3) is 0 Å². The maximum atomic E-state index is 12.1. The van der Waals surface area contributed by atoms with Crippen LogP contribution in [0.15, 0.2) is 4.99 Å². The third-order valence-corrected chi connectivity index (χ3v) is 5.48. The fraction of sp³-hybridized carbons (Fsp3) is 0.900. The summed E-state index contributed by atoms with van der Waals surface area (Å²) in [6.45, 7) is 6.26. The van der Waals surface area contributed by atoms with E-state index in [2.05, 4.69) is 34.5 Å². The van der Waals surface area contributed by atoms with Gasteiger partial charge in [-0.1, -0.05) is 19.3 Å². The van der Waals surface area contributed by atoms with Gasteiger partial charge in [-0.25, -0.2) is 0 Å². The summed E-state index contributed by atoms with van der Waals surface area (Å²) in [6.07, 6.45) is 10.0. The zero-order valence-corrected chi connectivity index (χ0v) is 19.5. The van der Waals surface area contributed by atoms with E-state index in [0.717, 1.165) is 51.0 Å². The Morgan fingerprint density at radius 3 is 2.52 bits per heavy atom. The van der Waals surface area contributed by atoms with Crippen molar-refractivity contribution in [1.29, 1.82) is 0 Å². The highest BCUT2D eigenvalue weighted by Crippen LogP contribution is 2.19. The molecule has 0 spiro atoms. The summed E-state index contributed by atoms with van der Waals surface area (Å²) in [6, 6.07) is 0.385. The number of hydrogen-bond donors (Lipinski definition) is 2. The molecule has 0 atom stereocenters. The zero-order chi connectivity index (χ0) is 18.6. The van der Waals surface area contributed by atoms with E-state index in [0.29, 0.717) is 19.0 Å². The summed E-state index contributed by atoms with van der Waals surface area (Å²) in [5.41, 5.74) is 0. The molecule has 1 heterocycles. The first kappa shape index (κ1) is 24.5. The quantitative estimate of drug-likeness (QED) is 0.309. The Kier molecular flexibility index (Phi) is 13.1. The minimum atomic E-state index is 0. The summed E-state index contributed by atoms with van der Waals surface area (Å²) in [7, 11) is 2.09. The van der Waals surface area contributed by atoms with Crippen LogP contribution in [0, 0.1) is 5.92 Å². The Balaban J connectivity index is 0.00000364. The molecule has 6 nitrogen and oxygen atoms in total. The van der Waals surface area contributed by atoms with Crippen LogP contribution in [0.3, 0.4) is 0 Å². The predicted octanol–water partition coefficient (Wildman–Crippen LogP) is 3.16. The smallest absolute Gasteiger partial charge is 0.222 e. The van der Waals surface area contributed by atoms with Gasteiger partial charge in [0.2, 0.25) is 5.91 Å². The average Bonchev–Trinajstić information content (AvgIpc) is 2.67. The molecule has 1 saturated heterocycles. The van der Waals surface area contributed by atoms with Gasteiger partial charge in [-0.15, -0.1) is 24.0 Å². The Morgan fingerprint density at radius 2 is 1.85 bits per heavy atom. The molecule has 1 aliphatic heterocycles. The Bertz CT molecular complexity index is 436. The molecule has 2 fully saturated rings. The van der Waals surface area contributed by atoms with Crippen LogP contribution in [0.1, 0.15) is 64.7 Å². The monoisotopic (exact) mass is 494 g/mol. The van der Waals surface area contributed by atoms with Gasteiger partial charge in [-0.3, -0.25) is 9.79 Å². The molecule has 2 N–H and O–H groups in total. The highest BCUT2D eigenvalue weighted by atomic mass is 127. The maximum absolute atomic E-state index is 12.1. The molecule has 158 valence electrons. The third kappa shape index (κ3) is 9.96. The number of rotatable bonds is 8. The normalized spacial score (nSPS) is 19.3. The number of guanidine groups is 1. The Morgan fingerprint density at radius 1 is 1.15 bits per heavy atom. The van der Waals surface area contributed by atoms with Crippen LogP contribution in [0.4, 0.5) is 0 Å². The minimum absolute atomic E-state index is 0. The number of halogens is 1. The van der Waals surface area contributed by atoms with E-state index in [1.54, 1.807) is 0 Å². The number of nitrogens with zero attached hydrogens (tertiary/aromatic N) is 2. The molecule has 0 radical (unpaired) electrons. The number of nitrogens with one attached hydrogen (secondary N) is 2. The van der Waals surface area contributed by atoms with Crippen LogP contribution < -0.4 is 10.6 Å². The SMILES string of the molecule is CCNC(=NCCC(=O)NC1CCCCC1)N(C)CCC1CCOCC1.I. The van der Waals surface area contributed by atoms with Crippen molar-refractivity contribution in [3.63, 3.8) is 0 Å². The van der Waals surface area contributed by atoms with Crippen molar-refractivity contribution in [3.8, 4) is 0 Å². The van der Waals surface area contributed by atoms with Crippen molar-refractivity contribution in [2.45, 2.75) is 70.8 Å². The summed E-state index contributed by atoms with van der Waals surface area (Å²) >= 11 is 0. The summed E-state index contributed by atoms with van der Waals surface area (Å²) in [5.74, 6) is 1.81. The second kappa shape index (κ2) is 14.4. The summed E-state index contributed by atoms with van der Waals surface area (Å²) in [4.78, 5) is 19.0. The van der Waals surface area contributed by atoms with Crippen LogP contribution in [-0.2, 0) is 9.53 Å². The third-order valence-electron chi connectivity index (χ3n) is 5.48. The number of amides is 1. The second-order valence-electron chi connectivity index (χ2n) is 7.65. The van der Waals surface area contributed by atoms with E-state index < -0.39 is 0 Å². The predicted molar refractivity (Wildman–Crippen MR) is 122 cm³/mol. The van der Waals surface area contributed by atoms with Crippen molar-refractivity contribution in [2.75, 3.05) is 39.9 Å². The Hall–Kier alpha value is -0.570. The lowest BCUT2D eigenvalue weighted by molar-refractivity contribution is -0.121. The van der Waals surface area contributed by atoms with E-state index in [4.69, 9.17) is 4.74 Å². The van der Waals surface area contributed by atoms with E-state index in [-0.39, 0.29) is 29.9 Å². The van der Waals surface area contributed by atoms with Crippen LogP contribution in [0.25, 0.3) is 0 Å². The van der Waals surface area contributed by atoms with Crippen LogP contribution in [0.5, 0.6) is 0 Å². The van der Waals surface area contributed by atoms with E-state index in [1.807, 2.05) is 0 Å². The number of carbonyl (C=O) groups is 1. The molecule has 0 bridgehead atoms. The second-order valence-corrected chi connectivity index (χ2v) is 7.65. The first-order valence-corrected chi connectivity index (χ1v) is 10.6. The van der Waals surface area contributed by atoms with Crippen molar-refractivity contribution >= 4 is 35.8 Å². The topological polar surface area (TPSA) is 66.0 Å². The van der Waals surface area contributed by atoms with Gasteiger partial charge in [0.15, 0.2) is 5.96 Å². The average molecular weight is 494 g/mol. The number of aliphatic imine (C=N–C) groups is 1. The van der Waals surface area contributed by atoms with E-state index >= 15 is 0 Å². The van der Waals surface area contributed by atoms with Crippen LogP contribution >= 0.6 is 24.0 Å². The van der Waals surface area contributed by atoms with Gasteiger partial charge in [0.1, 0.15) is 0 Å². The molecule has 1 amide bonds. The first-order valence-electron chi connectivity index (χ1n) is 10.6. The van der Waals surface area contributed by atoms with Crippen LogP contribution in [-0.4, -0.2) is 62.7 Å². The minimum Gasteiger partial charge on any atom is -0.381 e. The standard InChI is InChI=1S/C20H38N4O2.HI/c1-3-21-20(24(2)14-10-17-11-15-26-16-12-17)22-13-9-19(25)23-18-7-5-4-6-8-18;/h17-18H,3-16H2,1-2H3,(H,21,22)(H,23,25);1H. The molecule has 0 aromatic heterocycles. The molecule has 1 saturated carbocycles. The lowest BCUT2D eigenvalue weighted by atomic mass is 9.95. The van der Waals surface area contributed by atoms with Crippen LogP contribution in [0.2, 0.25) is 0 Å². The van der Waals surface area contributed by atoms with E-state index in [1.165, 1.54) is 38.5 Å². The highest BCUT2D eigenvalue weighted by molar-refractivity contribution is 14.0. The van der Waals surface area contributed by atoms with Gasteiger partial charge in [0, 0.05) is 45.8 Å². The molecule has 0 aromatic rings.